The molecule has 2 aliphatic heterocycles. The van der Waals surface area contributed by atoms with Gasteiger partial charge in [-0.05, 0) is 29.7 Å². The van der Waals surface area contributed by atoms with Crippen molar-refractivity contribution in [3.05, 3.63) is 29.3 Å². The van der Waals surface area contributed by atoms with Crippen LogP contribution in [0.2, 0.25) is 0 Å². The average Bonchev–Trinajstić information content (AvgIpc) is 2.37. The highest BCUT2D eigenvalue weighted by Gasteiger charge is 2.37. The van der Waals surface area contributed by atoms with Gasteiger partial charge in [0.25, 0.3) is 0 Å². The maximum absolute atomic E-state index is 11.9. The molecule has 2 aliphatic rings. The summed E-state index contributed by atoms with van der Waals surface area (Å²) in [6.07, 6.45) is 1.36. The van der Waals surface area contributed by atoms with Gasteiger partial charge >= 0.3 is 0 Å². The Labute approximate surface area is 106 Å². The van der Waals surface area contributed by atoms with Crippen molar-refractivity contribution >= 4 is 11.7 Å². The summed E-state index contributed by atoms with van der Waals surface area (Å²) in [4.78, 5) is 25.3. The first-order valence-electron chi connectivity index (χ1n) is 6.17. The highest BCUT2D eigenvalue weighted by Crippen LogP contribution is 2.37. The van der Waals surface area contributed by atoms with Crippen LogP contribution in [-0.4, -0.2) is 30.2 Å². The van der Waals surface area contributed by atoms with E-state index in [9.17, 15) is 9.59 Å². The van der Waals surface area contributed by atoms with Crippen LogP contribution in [0.5, 0.6) is 5.75 Å². The molecule has 18 heavy (non-hydrogen) atoms. The zero-order chi connectivity index (χ0) is 12.7. The van der Waals surface area contributed by atoms with Gasteiger partial charge in [-0.2, -0.15) is 0 Å². The first kappa shape index (κ1) is 11.3. The molecule has 0 spiro atoms. The minimum absolute atomic E-state index is 0.0373. The second-order valence-corrected chi connectivity index (χ2v) is 4.84. The molecule has 0 aliphatic carbocycles. The molecule has 1 amide bonds. The van der Waals surface area contributed by atoms with Crippen LogP contribution in [-0.2, 0) is 16.0 Å². The molecule has 3 rings (SSSR count). The highest BCUT2D eigenvalue weighted by molar-refractivity contribution is 6.01. The molecule has 2 heterocycles. The number of amides is 1. The molecule has 0 saturated carbocycles. The minimum Gasteiger partial charge on any atom is -0.497 e. The Morgan fingerprint density at radius 2 is 2.17 bits per heavy atom. The van der Waals surface area contributed by atoms with E-state index in [-0.39, 0.29) is 24.2 Å². The number of Topliss-reactive ketones (excluding diaryl/α,β-unsaturated/α-hetero) is 1. The number of methoxy groups -OCH3 is 1. The summed E-state index contributed by atoms with van der Waals surface area (Å²) in [5.41, 5.74) is 2.29. The van der Waals surface area contributed by atoms with Gasteiger partial charge in [0.15, 0.2) is 0 Å². The topological polar surface area (TPSA) is 46.6 Å². The monoisotopic (exact) mass is 245 g/mol. The van der Waals surface area contributed by atoms with Gasteiger partial charge in [0.1, 0.15) is 11.5 Å². The van der Waals surface area contributed by atoms with Crippen molar-refractivity contribution < 1.29 is 14.3 Å². The standard InChI is InChI=1S/C14H15NO3/c1-18-11-3-2-9-4-5-15-13(12(9)8-11)6-10(16)7-14(15)17/h2-3,8,13H,4-7H2,1H3. The van der Waals surface area contributed by atoms with Crippen molar-refractivity contribution in [3.63, 3.8) is 0 Å². The van der Waals surface area contributed by atoms with Crippen LogP contribution in [0.1, 0.15) is 30.0 Å². The first-order chi connectivity index (χ1) is 8.69. The maximum atomic E-state index is 11.9. The summed E-state index contributed by atoms with van der Waals surface area (Å²) in [6, 6.07) is 5.84. The number of nitrogens with zero attached hydrogens (tertiary/aromatic N) is 1. The molecule has 1 unspecified atom stereocenters. The van der Waals surface area contributed by atoms with E-state index < -0.39 is 0 Å². The zero-order valence-corrected chi connectivity index (χ0v) is 10.3. The van der Waals surface area contributed by atoms with Crippen molar-refractivity contribution in [1.82, 2.24) is 4.90 Å². The summed E-state index contributed by atoms with van der Waals surface area (Å²) < 4.78 is 5.23. The summed E-state index contributed by atoms with van der Waals surface area (Å²) in [6.45, 7) is 0.718. The summed E-state index contributed by atoms with van der Waals surface area (Å²) >= 11 is 0. The predicted octanol–water partition coefficient (Wildman–Crippen LogP) is 1.48. The molecular weight excluding hydrogens is 230 g/mol. The molecule has 0 bridgehead atoms. The zero-order valence-electron chi connectivity index (χ0n) is 10.3. The van der Waals surface area contributed by atoms with Crippen molar-refractivity contribution in [1.29, 1.82) is 0 Å². The highest BCUT2D eigenvalue weighted by atomic mass is 16.5. The minimum atomic E-state index is -0.0856. The third kappa shape index (κ3) is 1.68. The molecule has 1 aromatic carbocycles. The molecule has 94 valence electrons. The quantitative estimate of drug-likeness (QED) is 0.704. The van der Waals surface area contributed by atoms with Gasteiger partial charge in [0.05, 0.1) is 19.6 Å². The third-order valence-electron chi connectivity index (χ3n) is 3.80. The fourth-order valence-corrected chi connectivity index (χ4v) is 2.88. The summed E-state index contributed by atoms with van der Waals surface area (Å²) in [5.74, 6) is 0.780. The van der Waals surface area contributed by atoms with Crippen LogP contribution in [0.25, 0.3) is 0 Å². The van der Waals surface area contributed by atoms with E-state index in [0.717, 1.165) is 24.3 Å². The lowest BCUT2D eigenvalue weighted by Gasteiger charge is -2.40. The van der Waals surface area contributed by atoms with Gasteiger partial charge < -0.3 is 9.64 Å². The lowest BCUT2D eigenvalue weighted by Crippen LogP contribution is -2.45. The van der Waals surface area contributed by atoms with Crippen LogP contribution < -0.4 is 4.74 Å². The molecule has 1 atom stereocenters. The van der Waals surface area contributed by atoms with Crippen LogP contribution in [0.3, 0.4) is 0 Å². The molecule has 4 heteroatoms. The fraction of sp³-hybridized carbons (Fsp3) is 0.429. The molecule has 1 saturated heterocycles. The van der Waals surface area contributed by atoms with E-state index in [1.807, 2.05) is 23.1 Å². The third-order valence-corrected chi connectivity index (χ3v) is 3.80. The molecule has 0 N–H and O–H groups in total. The van der Waals surface area contributed by atoms with Crippen LogP contribution >= 0.6 is 0 Å². The van der Waals surface area contributed by atoms with E-state index in [1.165, 1.54) is 5.56 Å². The average molecular weight is 245 g/mol. The second-order valence-electron chi connectivity index (χ2n) is 4.84. The smallest absolute Gasteiger partial charge is 0.230 e. The lowest BCUT2D eigenvalue weighted by molar-refractivity contribution is -0.143. The molecule has 1 aromatic rings. The van der Waals surface area contributed by atoms with E-state index in [4.69, 9.17) is 4.74 Å². The van der Waals surface area contributed by atoms with E-state index in [1.54, 1.807) is 7.11 Å². The number of rotatable bonds is 1. The molecular formula is C14H15NO3. The fourth-order valence-electron chi connectivity index (χ4n) is 2.88. The van der Waals surface area contributed by atoms with Crippen LogP contribution in [0, 0.1) is 0 Å². The Hall–Kier alpha value is -1.84. The van der Waals surface area contributed by atoms with E-state index in [2.05, 4.69) is 0 Å². The Balaban J connectivity index is 2.04. The first-order valence-corrected chi connectivity index (χ1v) is 6.17. The Kier molecular flexibility index (Phi) is 2.58. The number of ketones is 1. The van der Waals surface area contributed by atoms with Gasteiger partial charge in [0, 0.05) is 13.0 Å². The molecule has 4 nitrogen and oxygen atoms in total. The Morgan fingerprint density at radius 1 is 1.33 bits per heavy atom. The van der Waals surface area contributed by atoms with Crippen molar-refractivity contribution in [3.8, 4) is 5.75 Å². The number of fused-ring (bicyclic) bond motifs is 3. The van der Waals surface area contributed by atoms with Gasteiger partial charge in [-0.25, -0.2) is 0 Å². The van der Waals surface area contributed by atoms with Gasteiger partial charge in [-0.1, -0.05) is 6.07 Å². The number of hydrogen-bond acceptors (Lipinski definition) is 3. The maximum Gasteiger partial charge on any atom is 0.230 e. The second kappa shape index (κ2) is 4.12. The number of piperidine rings is 1. The number of benzene rings is 1. The van der Waals surface area contributed by atoms with Gasteiger partial charge in [0.2, 0.25) is 5.91 Å². The number of hydrogen-bond donors (Lipinski definition) is 0. The van der Waals surface area contributed by atoms with Crippen LogP contribution in [0.4, 0.5) is 0 Å². The Bertz CT molecular complexity index is 524. The number of carbonyl (C=O) groups is 2. The molecule has 0 radical (unpaired) electrons. The summed E-state index contributed by atoms with van der Waals surface area (Å²) in [5, 5.41) is 0. The van der Waals surface area contributed by atoms with Crippen molar-refractivity contribution in [2.75, 3.05) is 13.7 Å². The van der Waals surface area contributed by atoms with Gasteiger partial charge in [-0.3, -0.25) is 9.59 Å². The Morgan fingerprint density at radius 3 is 2.94 bits per heavy atom. The normalized spacial score (nSPS) is 22.5. The van der Waals surface area contributed by atoms with E-state index in [0.29, 0.717) is 6.42 Å². The van der Waals surface area contributed by atoms with Crippen LogP contribution in [0.15, 0.2) is 18.2 Å². The van der Waals surface area contributed by atoms with Crippen molar-refractivity contribution in [2.45, 2.75) is 25.3 Å². The van der Waals surface area contributed by atoms with E-state index >= 15 is 0 Å². The molecule has 0 aromatic heterocycles. The summed E-state index contributed by atoms with van der Waals surface area (Å²) in [7, 11) is 1.62. The van der Waals surface area contributed by atoms with Gasteiger partial charge in [-0.15, -0.1) is 0 Å². The number of ether oxygens (including phenoxy) is 1. The molecule has 1 fully saturated rings. The van der Waals surface area contributed by atoms with Crippen molar-refractivity contribution in [2.24, 2.45) is 0 Å². The number of carbonyl (C=O) groups excluding carboxylic acids is 2. The lowest BCUT2D eigenvalue weighted by atomic mass is 9.86. The predicted molar refractivity (Wildman–Crippen MR) is 65.4 cm³/mol. The SMILES string of the molecule is COc1ccc2c(c1)C1CC(=O)CC(=O)N1CC2. The largest absolute Gasteiger partial charge is 0.497 e.